The molecule has 0 spiro atoms. The number of benzene rings is 1. The number of carbonyl (C=O) groups excluding carboxylic acids is 2. The lowest BCUT2D eigenvalue weighted by Gasteiger charge is -2.38. The molecule has 0 radical (unpaired) electrons. The molecular formula is C28H32FN3O4. The summed E-state index contributed by atoms with van der Waals surface area (Å²) in [5.41, 5.74) is 0.906. The summed E-state index contributed by atoms with van der Waals surface area (Å²) in [4.78, 5) is 34.0. The molecule has 2 aromatic rings. The summed E-state index contributed by atoms with van der Waals surface area (Å²) in [6.45, 7) is 4.27. The Hall–Kier alpha value is -3.44. The minimum atomic E-state index is -0.427. The number of hydrogen-bond donors (Lipinski definition) is 1. The second-order valence-electron chi connectivity index (χ2n) is 9.78. The molecule has 1 aliphatic carbocycles. The summed E-state index contributed by atoms with van der Waals surface area (Å²) in [5.74, 6) is 5.15. The van der Waals surface area contributed by atoms with Gasteiger partial charge in [-0.1, -0.05) is 37.3 Å². The van der Waals surface area contributed by atoms with Crippen molar-refractivity contribution in [3.8, 4) is 17.7 Å². The zero-order valence-electron chi connectivity index (χ0n) is 20.9. The number of carbonyl (C=O) groups is 2. The van der Waals surface area contributed by atoms with Crippen molar-refractivity contribution in [1.29, 1.82) is 0 Å². The minimum absolute atomic E-state index is 0.0762. The maximum absolute atomic E-state index is 14.0. The number of aromatic nitrogens is 1. The number of rotatable bonds is 5. The molecule has 1 saturated carbocycles. The molecule has 1 aromatic heterocycles. The van der Waals surface area contributed by atoms with Crippen molar-refractivity contribution < 1.29 is 23.8 Å². The van der Waals surface area contributed by atoms with Crippen molar-refractivity contribution >= 4 is 11.8 Å². The molecular weight excluding hydrogens is 461 g/mol. The number of ether oxygens (including phenoxy) is 1. The van der Waals surface area contributed by atoms with E-state index in [-0.39, 0.29) is 47.3 Å². The molecule has 1 aliphatic heterocycles. The number of pyridine rings is 1. The van der Waals surface area contributed by atoms with Gasteiger partial charge in [0.2, 0.25) is 11.8 Å². The Kier molecular flexibility index (Phi) is 7.90. The Morgan fingerprint density at radius 2 is 2.08 bits per heavy atom. The zero-order valence-corrected chi connectivity index (χ0v) is 20.9. The van der Waals surface area contributed by atoms with Crippen LogP contribution < -0.4 is 4.74 Å². The first-order valence-corrected chi connectivity index (χ1v) is 12.4. The average Bonchev–Trinajstić information content (AvgIpc) is 2.84. The van der Waals surface area contributed by atoms with Gasteiger partial charge in [0.15, 0.2) is 0 Å². The third-order valence-electron chi connectivity index (χ3n) is 7.02. The van der Waals surface area contributed by atoms with Crippen molar-refractivity contribution in [3.05, 3.63) is 59.0 Å². The smallest absolute Gasteiger partial charge is 0.259 e. The van der Waals surface area contributed by atoms with Gasteiger partial charge in [-0.05, 0) is 38.0 Å². The molecule has 1 aromatic carbocycles. The van der Waals surface area contributed by atoms with Crippen LogP contribution in [0, 0.1) is 29.5 Å². The predicted molar refractivity (Wildman–Crippen MR) is 133 cm³/mol. The Bertz CT molecular complexity index is 1190. The summed E-state index contributed by atoms with van der Waals surface area (Å²) in [7, 11) is 1.78. The number of likely N-dealkylation sites (N-methyl/N-ethyl adjacent to an activating group) is 1. The number of aliphatic hydroxyl groups excluding tert-OH is 1. The minimum Gasteiger partial charge on any atom is -0.472 e. The molecule has 36 heavy (non-hydrogen) atoms. The Morgan fingerprint density at radius 1 is 1.33 bits per heavy atom. The molecule has 2 heterocycles. The fourth-order valence-electron chi connectivity index (χ4n) is 4.42. The first-order valence-electron chi connectivity index (χ1n) is 12.4. The summed E-state index contributed by atoms with van der Waals surface area (Å²) in [6, 6.07) is 7.37. The van der Waals surface area contributed by atoms with Crippen molar-refractivity contribution in [3.63, 3.8) is 0 Å². The summed E-state index contributed by atoms with van der Waals surface area (Å²) in [6.07, 6.45) is 4.01. The second kappa shape index (κ2) is 11.1. The van der Waals surface area contributed by atoms with E-state index in [2.05, 4.69) is 16.8 Å². The van der Waals surface area contributed by atoms with E-state index in [1.165, 1.54) is 12.3 Å². The zero-order chi connectivity index (χ0) is 25.8. The summed E-state index contributed by atoms with van der Waals surface area (Å²) >= 11 is 0. The van der Waals surface area contributed by atoms with Crippen molar-refractivity contribution in [2.24, 2.45) is 11.8 Å². The summed E-state index contributed by atoms with van der Waals surface area (Å²) < 4.78 is 20.2. The van der Waals surface area contributed by atoms with E-state index in [4.69, 9.17) is 4.74 Å². The molecule has 2 aliphatic rings. The standard InChI is InChI=1S/C28H32FN3O4/c1-18-15-32(19(2)17-33)28(35)23-13-20(11-12-21-7-4-5-10-24(21)29)14-30-26(23)36-25(18)16-31(3)27(34)22-8-6-9-22/h4-5,7,10,13-14,18-19,22,25,33H,6,8-9,15-17H2,1-3H3/t18-,19-,25-/m1/s1. The van der Waals surface area contributed by atoms with E-state index in [9.17, 15) is 19.1 Å². The van der Waals surface area contributed by atoms with Crippen LogP contribution in [0.3, 0.4) is 0 Å². The van der Waals surface area contributed by atoms with Crippen LogP contribution in [-0.4, -0.2) is 70.6 Å². The monoisotopic (exact) mass is 493 g/mol. The number of nitrogens with zero attached hydrogens (tertiary/aromatic N) is 3. The Morgan fingerprint density at radius 3 is 2.75 bits per heavy atom. The lowest BCUT2D eigenvalue weighted by atomic mass is 9.84. The molecule has 1 fully saturated rings. The molecule has 190 valence electrons. The van der Waals surface area contributed by atoms with Gasteiger partial charge in [-0.25, -0.2) is 9.37 Å². The SMILES string of the molecule is C[C@@H]1CN([C@H](C)CO)C(=O)c2cc(C#Cc3ccccc3F)cnc2O[C@@H]1CN(C)C(=O)C1CCC1. The third-order valence-corrected chi connectivity index (χ3v) is 7.02. The number of halogens is 1. The van der Waals surface area contributed by atoms with Crippen LogP contribution >= 0.6 is 0 Å². The van der Waals surface area contributed by atoms with Gasteiger partial charge in [0.25, 0.3) is 5.91 Å². The van der Waals surface area contributed by atoms with E-state index in [1.807, 2.05) is 6.92 Å². The number of aliphatic hydroxyl groups is 1. The highest BCUT2D eigenvalue weighted by Gasteiger charge is 2.36. The lowest BCUT2D eigenvalue weighted by Crippen LogP contribution is -2.51. The van der Waals surface area contributed by atoms with Crippen LogP contribution in [0.15, 0.2) is 36.5 Å². The molecule has 7 nitrogen and oxygen atoms in total. The van der Waals surface area contributed by atoms with Gasteiger partial charge >= 0.3 is 0 Å². The highest BCUT2D eigenvalue weighted by atomic mass is 19.1. The fourth-order valence-corrected chi connectivity index (χ4v) is 4.42. The predicted octanol–water partition coefficient (Wildman–Crippen LogP) is 3.10. The van der Waals surface area contributed by atoms with E-state index in [0.717, 1.165) is 19.3 Å². The maximum Gasteiger partial charge on any atom is 0.259 e. The Labute approximate surface area is 211 Å². The van der Waals surface area contributed by atoms with Crippen molar-refractivity contribution in [2.45, 2.75) is 45.3 Å². The molecule has 1 N–H and O–H groups in total. The highest BCUT2D eigenvalue weighted by molar-refractivity contribution is 5.97. The van der Waals surface area contributed by atoms with E-state index < -0.39 is 18.0 Å². The first kappa shape index (κ1) is 25.6. The van der Waals surface area contributed by atoms with E-state index in [1.54, 1.807) is 48.0 Å². The fraction of sp³-hybridized carbons (Fsp3) is 0.464. The topological polar surface area (TPSA) is 83.0 Å². The first-order chi connectivity index (χ1) is 17.3. The number of amides is 2. The van der Waals surface area contributed by atoms with E-state index >= 15 is 0 Å². The van der Waals surface area contributed by atoms with Crippen LogP contribution in [0.1, 0.15) is 54.6 Å². The van der Waals surface area contributed by atoms with Crippen LogP contribution in [0.5, 0.6) is 5.88 Å². The van der Waals surface area contributed by atoms with Crippen LogP contribution in [0.2, 0.25) is 0 Å². The quantitative estimate of drug-likeness (QED) is 0.648. The van der Waals surface area contributed by atoms with Crippen molar-refractivity contribution in [1.82, 2.24) is 14.8 Å². The van der Waals surface area contributed by atoms with Gasteiger partial charge in [0.05, 0.1) is 24.8 Å². The second-order valence-corrected chi connectivity index (χ2v) is 9.78. The highest BCUT2D eigenvalue weighted by Crippen LogP contribution is 2.30. The lowest BCUT2D eigenvalue weighted by molar-refractivity contribution is -0.138. The molecule has 4 rings (SSSR count). The summed E-state index contributed by atoms with van der Waals surface area (Å²) in [5, 5.41) is 9.82. The van der Waals surface area contributed by atoms with Gasteiger partial charge in [-0.15, -0.1) is 0 Å². The van der Waals surface area contributed by atoms with E-state index in [0.29, 0.717) is 18.7 Å². The number of fused-ring (bicyclic) bond motifs is 1. The third kappa shape index (κ3) is 5.52. The van der Waals surface area contributed by atoms with Gasteiger partial charge < -0.3 is 19.6 Å². The molecule has 2 amide bonds. The van der Waals surface area contributed by atoms with Gasteiger partial charge in [0, 0.05) is 37.2 Å². The number of hydrogen-bond acceptors (Lipinski definition) is 5. The van der Waals surface area contributed by atoms with Crippen molar-refractivity contribution in [2.75, 3.05) is 26.7 Å². The molecule has 8 heteroatoms. The van der Waals surface area contributed by atoms with Crippen LogP contribution in [0.4, 0.5) is 4.39 Å². The van der Waals surface area contributed by atoms with Gasteiger partial charge in [-0.3, -0.25) is 9.59 Å². The maximum atomic E-state index is 14.0. The average molecular weight is 494 g/mol. The van der Waals surface area contributed by atoms with Crippen LogP contribution in [0.25, 0.3) is 0 Å². The largest absolute Gasteiger partial charge is 0.472 e. The molecule has 0 bridgehead atoms. The van der Waals surface area contributed by atoms with Gasteiger partial charge in [-0.2, -0.15) is 0 Å². The van der Waals surface area contributed by atoms with Gasteiger partial charge in [0.1, 0.15) is 17.5 Å². The molecule has 0 saturated heterocycles. The Balaban J connectivity index is 1.65. The van der Waals surface area contributed by atoms with Crippen LogP contribution in [-0.2, 0) is 4.79 Å². The molecule has 3 atom stereocenters. The normalized spacial score (nSPS) is 20.6. The molecule has 0 unspecified atom stereocenters.